The molecule has 0 saturated heterocycles. The molecular weight excluding hydrogens is 280 g/mol. The molecule has 4 heteroatoms. The number of hydrogen-bond acceptors (Lipinski definition) is 2. The minimum absolute atomic E-state index is 0.0426. The van der Waals surface area contributed by atoms with Gasteiger partial charge in [0.15, 0.2) is 0 Å². The van der Waals surface area contributed by atoms with Crippen molar-refractivity contribution in [1.29, 1.82) is 0 Å². The lowest BCUT2D eigenvalue weighted by atomic mass is 10.1. The molecule has 0 aliphatic heterocycles. The first-order valence-electron chi connectivity index (χ1n) is 5.93. The van der Waals surface area contributed by atoms with Crippen LogP contribution in [0.2, 0.25) is 0 Å². The predicted octanol–water partition coefficient (Wildman–Crippen LogP) is 2.38. The van der Waals surface area contributed by atoms with Crippen LogP contribution < -0.4 is 10.6 Å². The standard InChI is InChI=1S/C13H17BrN2O/c1-9(10-3-2-4-11(14)7-10)16-13(17)8-15-12-5-6-12/h2-4,7,9,12,15H,5-6,8H2,1H3,(H,16,17)/t9-/m0/s1. The fourth-order valence-electron chi connectivity index (χ4n) is 1.68. The van der Waals surface area contributed by atoms with Crippen LogP contribution in [0.15, 0.2) is 28.7 Å². The number of amides is 1. The van der Waals surface area contributed by atoms with Gasteiger partial charge in [-0.15, -0.1) is 0 Å². The Morgan fingerprint density at radius 2 is 2.29 bits per heavy atom. The van der Waals surface area contributed by atoms with Gasteiger partial charge in [-0.3, -0.25) is 4.79 Å². The van der Waals surface area contributed by atoms with E-state index in [1.54, 1.807) is 0 Å². The minimum atomic E-state index is 0.0426. The molecule has 1 aliphatic rings. The molecule has 17 heavy (non-hydrogen) atoms. The molecule has 1 amide bonds. The van der Waals surface area contributed by atoms with Crippen LogP contribution in [-0.4, -0.2) is 18.5 Å². The van der Waals surface area contributed by atoms with Crippen LogP contribution in [0.3, 0.4) is 0 Å². The minimum Gasteiger partial charge on any atom is -0.348 e. The van der Waals surface area contributed by atoms with E-state index in [0.717, 1.165) is 10.0 Å². The molecule has 1 aromatic carbocycles. The first-order chi connectivity index (χ1) is 8.15. The third-order valence-electron chi connectivity index (χ3n) is 2.85. The zero-order valence-electron chi connectivity index (χ0n) is 9.87. The highest BCUT2D eigenvalue weighted by atomic mass is 79.9. The predicted molar refractivity (Wildman–Crippen MR) is 71.7 cm³/mol. The molecule has 0 radical (unpaired) electrons. The third-order valence-corrected chi connectivity index (χ3v) is 3.35. The number of carbonyl (C=O) groups is 1. The summed E-state index contributed by atoms with van der Waals surface area (Å²) in [5.41, 5.74) is 1.11. The number of rotatable bonds is 5. The number of benzene rings is 1. The van der Waals surface area contributed by atoms with Crippen LogP contribution in [0.1, 0.15) is 31.4 Å². The Labute approximate surface area is 110 Å². The number of carbonyl (C=O) groups excluding carboxylic acids is 1. The topological polar surface area (TPSA) is 41.1 Å². The Morgan fingerprint density at radius 1 is 1.53 bits per heavy atom. The second-order valence-corrected chi connectivity index (χ2v) is 5.42. The van der Waals surface area contributed by atoms with E-state index in [-0.39, 0.29) is 11.9 Å². The van der Waals surface area contributed by atoms with Crippen molar-refractivity contribution < 1.29 is 4.79 Å². The van der Waals surface area contributed by atoms with E-state index >= 15 is 0 Å². The van der Waals surface area contributed by atoms with Gasteiger partial charge in [0.25, 0.3) is 0 Å². The van der Waals surface area contributed by atoms with Crippen LogP contribution in [0.25, 0.3) is 0 Å². The molecule has 2 rings (SSSR count). The maximum Gasteiger partial charge on any atom is 0.234 e. The highest BCUT2D eigenvalue weighted by Crippen LogP contribution is 2.19. The normalized spacial score (nSPS) is 16.6. The lowest BCUT2D eigenvalue weighted by molar-refractivity contribution is -0.120. The summed E-state index contributed by atoms with van der Waals surface area (Å²) in [6, 6.07) is 8.61. The Kier molecular flexibility index (Phi) is 4.18. The van der Waals surface area contributed by atoms with Crippen LogP contribution in [-0.2, 0) is 4.79 Å². The smallest absolute Gasteiger partial charge is 0.234 e. The molecule has 1 saturated carbocycles. The van der Waals surface area contributed by atoms with Crippen molar-refractivity contribution >= 4 is 21.8 Å². The highest BCUT2D eigenvalue weighted by molar-refractivity contribution is 9.10. The molecule has 2 N–H and O–H groups in total. The summed E-state index contributed by atoms with van der Waals surface area (Å²) in [6.07, 6.45) is 2.41. The maximum absolute atomic E-state index is 11.7. The monoisotopic (exact) mass is 296 g/mol. The summed E-state index contributed by atoms with van der Waals surface area (Å²) >= 11 is 3.43. The molecule has 0 bridgehead atoms. The van der Waals surface area contributed by atoms with Crippen LogP contribution in [0, 0.1) is 0 Å². The largest absolute Gasteiger partial charge is 0.348 e. The van der Waals surface area contributed by atoms with E-state index in [9.17, 15) is 4.79 Å². The van der Waals surface area contributed by atoms with Crippen molar-refractivity contribution in [3.05, 3.63) is 34.3 Å². The lowest BCUT2D eigenvalue weighted by Gasteiger charge is -2.14. The summed E-state index contributed by atoms with van der Waals surface area (Å²) in [7, 11) is 0. The Balaban J connectivity index is 1.82. The molecule has 0 spiro atoms. The molecule has 1 aromatic rings. The van der Waals surface area contributed by atoms with E-state index in [4.69, 9.17) is 0 Å². The molecule has 0 unspecified atom stereocenters. The first-order valence-corrected chi connectivity index (χ1v) is 6.72. The second-order valence-electron chi connectivity index (χ2n) is 4.50. The number of halogens is 1. The molecule has 0 heterocycles. The van der Waals surface area contributed by atoms with Crippen molar-refractivity contribution in [2.75, 3.05) is 6.54 Å². The Hall–Kier alpha value is -0.870. The molecule has 0 aromatic heterocycles. The van der Waals surface area contributed by atoms with Crippen molar-refractivity contribution in [2.24, 2.45) is 0 Å². The van der Waals surface area contributed by atoms with Crippen molar-refractivity contribution in [2.45, 2.75) is 31.8 Å². The van der Waals surface area contributed by atoms with Gasteiger partial charge in [0.2, 0.25) is 5.91 Å². The van der Waals surface area contributed by atoms with Crippen molar-refractivity contribution in [3.8, 4) is 0 Å². The third kappa shape index (κ3) is 4.13. The van der Waals surface area contributed by atoms with E-state index in [2.05, 4.69) is 26.6 Å². The van der Waals surface area contributed by atoms with E-state index in [0.29, 0.717) is 12.6 Å². The van der Waals surface area contributed by atoms with Gasteiger partial charge in [-0.05, 0) is 37.5 Å². The maximum atomic E-state index is 11.7. The average Bonchev–Trinajstić information content (AvgIpc) is 3.10. The van der Waals surface area contributed by atoms with Gasteiger partial charge in [-0.25, -0.2) is 0 Å². The quantitative estimate of drug-likeness (QED) is 0.876. The average molecular weight is 297 g/mol. The van der Waals surface area contributed by atoms with Gasteiger partial charge in [0, 0.05) is 10.5 Å². The SMILES string of the molecule is C[C@H](NC(=O)CNC1CC1)c1cccc(Br)c1. The second kappa shape index (κ2) is 5.65. The summed E-state index contributed by atoms with van der Waals surface area (Å²) < 4.78 is 1.03. The van der Waals surface area contributed by atoms with Crippen molar-refractivity contribution in [3.63, 3.8) is 0 Å². The highest BCUT2D eigenvalue weighted by Gasteiger charge is 2.21. The molecule has 92 valence electrons. The first kappa shape index (κ1) is 12.6. The lowest BCUT2D eigenvalue weighted by Crippen LogP contribution is -2.36. The van der Waals surface area contributed by atoms with Gasteiger partial charge in [-0.1, -0.05) is 28.1 Å². The fourth-order valence-corrected chi connectivity index (χ4v) is 2.09. The van der Waals surface area contributed by atoms with Crippen molar-refractivity contribution in [1.82, 2.24) is 10.6 Å². The summed E-state index contributed by atoms with van der Waals surface area (Å²) in [5.74, 6) is 0.0596. The van der Waals surface area contributed by atoms with Gasteiger partial charge < -0.3 is 10.6 Å². The molecule has 1 aliphatic carbocycles. The molecular formula is C13H17BrN2O. The van der Waals surface area contributed by atoms with E-state index in [1.807, 2.05) is 31.2 Å². The summed E-state index contributed by atoms with van der Waals surface area (Å²) in [6.45, 7) is 2.42. The molecule has 1 atom stereocenters. The summed E-state index contributed by atoms with van der Waals surface area (Å²) in [5, 5.41) is 6.19. The van der Waals surface area contributed by atoms with E-state index < -0.39 is 0 Å². The summed E-state index contributed by atoms with van der Waals surface area (Å²) in [4.78, 5) is 11.7. The zero-order chi connectivity index (χ0) is 12.3. The molecule has 3 nitrogen and oxygen atoms in total. The molecule has 1 fully saturated rings. The van der Waals surface area contributed by atoms with Crippen LogP contribution in [0.5, 0.6) is 0 Å². The number of nitrogens with one attached hydrogen (secondary N) is 2. The van der Waals surface area contributed by atoms with Gasteiger partial charge in [0.1, 0.15) is 0 Å². The Morgan fingerprint density at radius 3 is 2.94 bits per heavy atom. The van der Waals surface area contributed by atoms with Gasteiger partial charge >= 0.3 is 0 Å². The fraction of sp³-hybridized carbons (Fsp3) is 0.462. The number of hydrogen-bond donors (Lipinski definition) is 2. The van der Waals surface area contributed by atoms with Crippen LogP contribution >= 0.6 is 15.9 Å². The van der Waals surface area contributed by atoms with Crippen LogP contribution in [0.4, 0.5) is 0 Å². The Bertz CT molecular complexity index is 404. The zero-order valence-corrected chi connectivity index (χ0v) is 11.5. The van der Waals surface area contributed by atoms with Gasteiger partial charge in [0.05, 0.1) is 12.6 Å². The van der Waals surface area contributed by atoms with Gasteiger partial charge in [-0.2, -0.15) is 0 Å². The van der Waals surface area contributed by atoms with E-state index in [1.165, 1.54) is 12.8 Å².